The number of ether oxygens (including phenoxy) is 2. The number of esters is 2. The average molecular weight is 623 g/mol. The third-order valence-electron chi connectivity index (χ3n) is 8.11. The van der Waals surface area contributed by atoms with Gasteiger partial charge in [0.05, 0.1) is 11.1 Å². The van der Waals surface area contributed by atoms with Gasteiger partial charge >= 0.3 is 11.9 Å². The van der Waals surface area contributed by atoms with Gasteiger partial charge in [0.15, 0.2) is 23.1 Å². The summed E-state index contributed by atoms with van der Waals surface area (Å²) in [5.41, 5.74) is 2.93. The van der Waals surface area contributed by atoms with Crippen LogP contribution in [0.2, 0.25) is 0 Å². The number of benzene rings is 5. The number of carbonyl (C=O) groups excluding carboxylic acids is 6. The van der Waals surface area contributed by atoms with E-state index >= 15 is 0 Å². The average Bonchev–Trinajstić information content (AvgIpc) is 3.10. The summed E-state index contributed by atoms with van der Waals surface area (Å²) in [6.07, 6.45) is 0. The molecule has 0 aromatic heterocycles. The van der Waals surface area contributed by atoms with Crippen LogP contribution in [-0.2, 0) is 22.7 Å². The molecule has 2 aliphatic rings. The fourth-order valence-electron chi connectivity index (χ4n) is 5.78. The molecule has 5 aromatic carbocycles. The fourth-order valence-corrected chi connectivity index (χ4v) is 5.78. The molecular weight excluding hydrogens is 600 g/mol. The third kappa shape index (κ3) is 5.19. The lowest BCUT2D eigenvalue weighted by Crippen LogP contribution is -2.21. The standard InChI is InChI=1S/C38H22O9/c39-24-16-22(37(44)46-18-20-9-11-29-31(13-20)35(42)27-7-3-1-5-25(27)33(29)40)15-23(17-24)38(45)47-19-21-10-12-30-32(14-21)36(43)28-8-4-2-6-26(28)34(30)41/h1-17,39H,18-19H2. The van der Waals surface area contributed by atoms with Gasteiger partial charge in [-0.05, 0) is 53.6 Å². The Morgan fingerprint density at radius 2 is 0.787 bits per heavy atom. The molecule has 0 bridgehead atoms. The molecule has 0 heterocycles. The lowest BCUT2D eigenvalue weighted by molar-refractivity contribution is 0.0468. The summed E-state index contributed by atoms with van der Waals surface area (Å²) in [6.45, 7) is -0.483. The van der Waals surface area contributed by atoms with E-state index in [9.17, 15) is 33.9 Å². The highest BCUT2D eigenvalue weighted by Gasteiger charge is 2.31. The Balaban J connectivity index is 1.02. The van der Waals surface area contributed by atoms with E-state index in [-0.39, 0.29) is 75.5 Å². The van der Waals surface area contributed by atoms with Crippen molar-refractivity contribution in [1.29, 1.82) is 0 Å². The van der Waals surface area contributed by atoms with Gasteiger partial charge in [0, 0.05) is 44.5 Å². The van der Waals surface area contributed by atoms with Crippen molar-refractivity contribution < 1.29 is 43.3 Å². The summed E-state index contributed by atoms with van der Waals surface area (Å²) in [5, 5.41) is 10.2. The molecule has 0 amide bonds. The van der Waals surface area contributed by atoms with Gasteiger partial charge in [-0.25, -0.2) is 9.59 Å². The minimum Gasteiger partial charge on any atom is -0.508 e. The summed E-state index contributed by atoms with van der Waals surface area (Å²) in [7, 11) is 0. The first-order valence-corrected chi connectivity index (χ1v) is 14.5. The van der Waals surface area contributed by atoms with Crippen LogP contribution < -0.4 is 0 Å². The van der Waals surface area contributed by atoms with Crippen molar-refractivity contribution in [2.45, 2.75) is 13.2 Å². The number of rotatable bonds is 6. The van der Waals surface area contributed by atoms with E-state index in [2.05, 4.69) is 0 Å². The molecule has 0 atom stereocenters. The van der Waals surface area contributed by atoms with E-state index in [0.717, 1.165) is 12.1 Å². The van der Waals surface area contributed by atoms with Gasteiger partial charge in [-0.3, -0.25) is 19.2 Å². The summed E-state index contributed by atoms with van der Waals surface area (Å²) in [4.78, 5) is 77.6. The number of aromatic hydroxyl groups is 1. The van der Waals surface area contributed by atoms with Crippen molar-refractivity contribution in [3.05, 3.63) is 170 Å². The van der Waals surface area contributed by atoms with Crippen LogP contribution in [0.4, 0.5) is 0 Å². The van der Waals surface area contributed by atoms with Crippen LogP contribution in [0.1, 0.15) is 95.5 Å². The zero-order chi connectivity index (χ0) is 32.8. The third-order valence-corrected chi connectivity index (χ3v) is 8.11. The van der Waals surface area contributed by atoms with Crippen LogP contribution in [0, 0.1) is 0 Å². The van der Waals surface area contributed by atoms with Crippen LogP contribution >= 0.6 is 0 Å². The predicted molar refractivity (Wildman–Crippen MR) is 166 cm³/mol. The van der Waals surface area contributed by atoms with Gasteiger partial charge in [0.1, 0.15) is 19.0 Å². The second-order valence-corrected chi connectivity index (χ2v) is 11.1. The van der Waals surface area contributed by atoms with Gasteiger partial charge in [0.2, 0.25) is 0 Å². The maximum Gasteiger partial charge on any atom is 0.338 e. The Morgan fingerprint density at radius 1 is 0.447 bits per heavy atom. The van der Waals surface area contributed by atoms with Crippen molar-refractivity contribution in [3.63, 3.8) is 0 Å². The lowest BCUT2D eigenvalue weighted by Gasteiger charge is -2.18. The maximum absolute atomic E-state index is 13.0. The largest absolute Gasteiger partial charge is 0.508 e. The van der Waals surface area contributed by atoms with Crippen LogP contribution in [0.15, 0.2) is 103 Å². The predicted octanol–water partition coefficient (Wildman–Crippen LogP) is 5.66. The molecule has 0 saturated carbocycles. The molecule has 0 saturated heterocycles. The molecule has 0 aliphatic heterocycles. The second-order valence-electron chi connectivity index (χ2n) is 11.1. The highest BCUT2D eigenvalue weighted by Crippen LogP contribution is 2.30. The molecule has 9 nitrogen and oxygen atoms in total. The SMILES string of the molecule is O=C(OCc1ccc2c(c1)C(=O)c1ccccc1C2=O)c1cc(O)cc(C(=O)OCc2ccc3c(c2)C(=O)c2ccccc2C3=O)c1. The van der Waals surface area contributed by atoms with E-state index in [1.165, 1.54) is 30.3 Å². The number of carbonyl (C=O) groups is 6. The second kappa shape index (κ2) is 11.5. The van der Waals surface area contributed by atoms with E-state index in [1.807, 2.05) is 0 Å². The monoisotopic (exact) mass is 622 g/mol. The number of phenols is 1. The molecule has 0 spiro atoms. The molecule has 1 N–H and O–H groups in total. The first-order valence-electron chi connectivity index (χ1n) is 14.5. The normalized spacial score (nSPS) is 12.9. The quantitative estimate of drug-likeness (QED) is 0.233. The van der Waals surface area contributed by atoms with Gasteiger partial charge in [-0.2, -0.15) is 0 Å². The van der Waals surface area contributed by atoms with Gasteiger partial charge in [0.25, 0.3) is 0 Å². The molecule has 0 unspecified atom stereocenters. The van der Waals surface area contributed by atoms with Gasteiger partial charge in [-0.1, -0.05) is 60.7 Å². The summed E-state index contributed by atoms with van der Waals surface area (Å²) in [5.74, 6) is -3.21. The minimum atomic E-state index is -0.849. The van der Waals surface area contributed by atoms with Crippen molar-refractivity contribution in [2.24, 2.45) is 0 Å². The molecular formula is C38H22O9. The maximum atomic E-state index is 13.0. The van der Waals surface area contributed by atoms with Crippen molar-refractivity contribution in [1.82, 2.24) is 0 Å². The Bertz CT molecular complexity index is 2070. The molecule has 47 heavy (non-hydrogen) atoms. The number of hydrogen-bond donors (Lipinski definition) is 1. The molecule has 7 rings (SSSR count). The van der Waals surface area contributed by atoms with Crippen LogP contribution in [0.5, 0.6) is 5.75 Å². The number of fused-ring (bicyclic) bond motifs is 4. The zero-order valence-electron chi connectivity index (χ0n) is 24.4. The van der Waals surface area contributed by atoms with Crippen molar-refractivity contribution >= 4 is 35.1 Å². The van der Waals surface area contributed by atoms with E-state index in [0.29, 0.717) is 33.4 Å². The Kier molecular flexibility index (Phi) is 7.13. The Morgan fingerprint density at radius 3 is 1.17 bits per heavy atom. The van der Waals surface area contributed by atoms with Crippen LogP contribution in [0.3, 0.4) is 0 Å². The van der Waals surface area contributed by atoms with E-state index in [1.54, 1.807) is 60.7 Å². The molecule has 228 valence electrons. The van der Waals surface area contributed by atoms with Gasteiger partial charge < -0.3 is 14.6 Å². The van der Waals surface area contributed by atoms with Crippen LogP contribution in [0.25, 0.3) is 0 Å². The van der Waals surface area contributed by atoms with Gasteiger partial charge in [-0.15, -0.1) is 0 Å². The Hall–Kier alpha value is -6.48. The molecule has 0 radical (unpaired) electrons. The highest BCUT2D eigenvalue weighted by atomic mass is 16.5. The van der Waals surface area contributed by atoms with Crippen molar-refractivity contribution in [2.75, 3.05) is 0 Å². The van der Waals surface area contributed by atoms with E-state index < -0.39 is 11.9 Å². The Labute approximate surface area is 267 Å². The molecule has 9 heteroatoms. The number of hydrogen-bond acceptors (Lipinski definition) is 9. The molecule has 0 fully saturated rings. The molecule has 5 aromatic rings. The summed E-state index contributed by atoms with van der Waals surface area (Å²) in [6, 6.07) is 25.8. The lowest BCUT2D eigenvalue weighted by atomic mass is 9.83. The number of phenolic OH excluding ortho intramolecular Hbond substituents is 1. The van der Waals surface area contributed by atoms with Crippen molar-refractivity contribution in [3.8, 4) is 5.75 Å². The zero-order valence-corrected chi connectivity index (χ0v) is 24.4. The minimum absolute atomic E-state index is 0.119. The topological polar surface area (TPSA) is 141 Å². The fraction of sp³-hybridized carbons (Fsp3) is 0.0526. The summed E-state index contributed by atoms with van der Waals surface area (Å²) >= 11 is 0. The summed E-state index contributed by atoms with van der Waals surface area (Å²) < 4.78 is 10.8. The van der Waals surface area contributed by atoms with E-state index in [4.69, 9.17) is 9.47 Å². The first-order chi connectivity index (χ1) is 22.7. The highest BCUT2D eigenvalue weighted by molar-refractivity contribution is 6.29. The smallest absolute Gasteiger partial charge is 0.338 e. The van der Waals surface area contributed by atoms with Crippen LogP contribution in [-0.4, -0.2) is 40.2 Å². The number of ketones is 4. The molecule has 2 aliphatic carbocycles. The first kappa shape index (κ1) is 29.2.